The summed E-state index contributed by atoms with van der Waals surface area (Å²) in [4.78, 5) is 18.4. The van der Waals surface area contributed by atoms with Gasteiger partial charge in [-0.1, -0.05) is 30.3 Å². The number of carbonyl (C=O) groups is 1. The Hall–Kier alpha value is -2.21. The Bertz CT molecular complexity index is 817. The standard InChI is InChI=1S/C18H20N2O3S/c1-20(17-9-10-24(22,23)13-17)18(21)15-7-8-16(19-12-15)11-14-5-3-2-4-6-14/h2-8,12,17H,9-11,13H2,1H3/t17-/m0/s1. The van der Waals surface area contributed by atoms with Gasteiger partial charge in [0.05, 0.1) is 17.1 Å². The molecule has 0 N–H and O–H groups in total. The quantitative estimate of drug-likeness (QED) is 0.850. The van der Waals surface area contributed by atoms with Crippen molar-refractivity contribution in [1.82, 2.24) is 9.88 Å². The minimum absolute atomic E-state index is 0.0504. The smallest absolute Gasteiger partial charge is 0.255 e. The van der Waals surface area contributed by atoms with Gasteiger partial charge in [-0.05, 0) is 24.1 Å². The van der Waals surface area contributed by atoms with E-state index in [-0.39, 0.29) is 23.5 Å². The van der Waals surface area contributed by atoms with E-state index in [1.54, 1.807) is 19.3 Å². The Kier molecular flexibility index (Phi) is 4.66. The molecule has 1 amide bonds. The Morgan fingerprint density at radius 3 is 2.54 bits per heavy atom. The fourth-order valence-electron chi connectivity index (χ4n) is 2.91. The second-order valence-electron chi connectivity index (χ2n) is 6.17. The summed E-state index contributed by atoms with van der Waals surface area (Å²) in [7, 11) is -1.35. The molecule has 1 aliphatic heterocycles. The first-order valence-electron chi connectivity index (χ1n) is 7.91. The van der Waals surface area contributed by atoms with Gasteiger partial charge in [-0.2, -0.15) is 0 Å². The molecule has 0 saturated carbocycles. The highest BCUT2D eigenvalue weighted by Gasteiger charge is 2.33. The van der Waals surface area contributed by atoms with Crippen LogP contribution < -0.4 is 0 Å². The molecule has 1 fully saturated rings. The Morgan fingerprint density at radius 1 is 1.21 bits per heavy atom. The number of amides is 1. The van der Waals surface area contributed by atoms with Gasteiger partial charge in [0.1, 0.15) is 0 Å². The van der Waals surface area contributed by atoms with Crippen LogP contribution in [0.2, 0.25) is 0 Å². The number of pyridine rings is 1. The molecule has 0 bridgehead atoms. The molecule has 6 heteroatoms. The van der Waals surface area contributed by atoms with Gasteiger partial charge in [-0.15, -0.1) is 0 Å². The molecule has 1 saturated heterocycles. The van der Waals surface area contributed by atoms with Gasteiger partial charge in [0, 0.05) is 31.4 Å². The summed E-state index contributed by atoms with van der Waals surface area (Å²) in [6, 6.07) is 13.4. The van der Waals surface area contributed by atoms with Crippen molar-refractivity contribution in [3.8, 4) is 0 Å². The number of aromatic nitrogens is 1. The lowest BCUT2D eigenvalue weighted by Gasteiger charge is -2.23. The lowest BCUT2D eigenvalue weighted by atomic mass is 10.1. The van der Waals surface area contributed by atoms with Crippen molar-refractivity contribution >= 4 is 15.7 Å². The summed E-state index contributed by atoms with van der Waals surface area (Å²) in [5.74, 6) is 0.0223. The maximum absolute atomic E-state index is 12.5. The average molecular weight is 344 g/mol. The molecule has 2 aromatic rings. The van der Waals surface area contributed by atoms with Crippen molar-refractivity contribution in [2.24, 2.45) is 0 Å². The second-order valence-corrected chi connectivity index (χ2v) is 8.40. The predicted octanol–water partition coefficient (Wildman–Crippen LogP) is 1.93. The molecular formula is C18H20N2O3S. The molecule has 1 aliphatic rings. The fourth-order valence-corrected chi connectivity index (χ4v) is 4.69. The third-order valence-electron chi connectivity index (χ3n) is 4.38. The van der Waals surface area contributed by atoms with Crippen LogP contribution in [0, 0.1) is 0 Å². The van der Waals surface area contributed by atoms with Gasteiger partial charge < -0.3 is 4.90 Å². The number of nitrogens with zero attached hydrogens (tertiary/aromatic N) is 2. The lowest BCUT2D eigenvalue weighted by Crippen LogP contribution is -2.37. The molecule has 126 valence electrons. The van der Waals surface area contributed by atoms with Gasteiger partial charge >= 0.3 is 0 Å². The molecule has 1 aromatic carbocycles. The van der Waals surface area contributed by atoms with Crippen molar-refractivity contribution < 1.29 is 13.2 Å². The van der Waals surface area contributed by atoms with E-state index in [2.05, 4.69) is 4.98 Å². The number of sulfone groups is 1. The molecule has 0 aliphatic carbocycles. The Balaban J connectivity index is 1.67. The molecule has 0 unspecified atom stereocenters. The Labute approximate surface area is 142 Å². The summed E-state index contributed by atoms with van der Waals surface area (Å²) in [5, 5.41) is 0. The van der Waals surface area contributed by atoms with Crippen molar-refractivity contribution in [3.05, 3.63) is 65.5 Å². The van der Waals surface area contributed by atoms with E-state index in [1.807, 2.05) is 36.4 Å². The minimum atomic E-state index is -3.01. The minimum Gasteiger partial charge on any atom is -0.338 e. The van der Waals surface area contributed by atoms with Crippen molar-refractivity contribution in [2.75, 3.05) is 18.6 Å². The highest BCUT2D eigenvalue weighted by Crippen LogP contribution is 2.18. The van der Waals surface area contributed by atoms with Crippen LogP contribution in [0.3, 0.4) is 0 Å². The molecule has 2 heterocycles. The van der Waals surface area contributed by atoms with Crippen LogP contribution in [-0.4, -0.2) is 48.8 Å². The third-order valence-corrected chi connectivity index (χ3v) is 6.13. The topological polar surface area (TPSA) is 67.3 Å². The van der Waals surface area contributed by atoms with Crippen LogP contribution in [0.15, 0.2) is 48.7 Å². The van der Waals surface area contributed by atoms with Gasteiger partial charge in [-0.25, -0.2) is 8.42 Å². The second kappa shape index (κ2) is 6.73. The Morgan fingerprint density at radius 2 is 1.96 bits per heavy atom. The fraction of sp³-hybridized carbons (Fsp3) is 0.333. The predicted molar refractivity (Wildman–Crippen MR) is 92.6 cm³/mol. The average Bonchev–Trinajstić information content (AvgIpc) is 2.95. The van der Waals surface area contributed by atoms with Crippen LogP contribution in [0.4, 0.5) is 0 Å². The maximum atomic E-state index is 12.5. The third kappa shape index (κ3) is 3.82. The monoisotopic (exact) mass is 344 g/mol. The highest BCUT2D eigenvalue weighted by molar-refractivity contribution is 7.91. The SMILES string of the molecule is CN(C(=O)c1ccc(Cc2ccccc2)nc1)[C@H]1CCS(=O)(=O)C1. The van der Waals surface area contributed by atoms with Crippen LogP contribution in [0.25, 0.3) is 0 Å². The van der Waals surface area contributed by atoms with E-state index in [0.29, 0.717) is 18.4 Å². The van der Waals surface area contributed by atoms with Crippen LogP contribution >= 0.6 is 0 Å². The summed E-state index contributed by atoms with van der Waals surface area (Å²) in [6.45, 7) is 0. The van der Waals surface area contributed by atoms with Gasteiger partial charge in [0.15, 0.2) is 9.84 Å². The molecule has 3 rings (SSSR count). The summed E-state index contributed by atoms with van der Waals surface area (Å²) >= 11 is 0. The van der Waals surface area contributed by atoms with Crippen molar-refractivity contribution in [3.63, 3.8) is 0 Å². The summed E-state index contributed by atoms with van der Waals surface area (Å²) < 4.78 is 23.1. The van der Waals surface area contributed by atoms with E-state index in [1.165, 1.54) is 4.90 Å². The zero-order chi connectivity index (χ0) is 17.2. The molecular weight excluding hydrogens is 324 g/mol. The van der Waals surface area contributed by atoms with E-state index < -0.39 is 9.84 Å². The molecule has 0 radical (unpaired) electrons. The van der Waals surface area contributed by atoms with Gasteiger partial charge in [0.2, 0.25) is 0 Å². The number of rotatable bonds is 4. The van der Waals surface area contributed by atoms with E-state index in [4.69, 9.17) is 0 Å². The maximum Gasteiger partial charge on any atom is 0.255 e. The first kappa shape index (κ1) is 16.6. The van der Waals surface area contributed by atoms with Crippen molar-refractivity contribution in [1.29, 1.82) is 0 Å². The normalized spacial score (nSPS) is 19.1. The van der Waals surface area contributed by atoms with Crippen LogP contribution in [-0.2, 0) is 16.3 Å². The number of hydrogen-bond donors (Lipinski definition) is 0. The first-order chi connectivity index (χ1) is 11.4. The molecule has 0 spiro atoms. The van der Waals surface area contributed by atoms with E-state index >= 15 is 0 Å². The summed E-state index contributed by atoms with van der Waals surface area (Å²) in [6.07, 6.45) is 2.79. The zero-order valence-electron chi connectivity index (χ0n) is 13.6. The molecule has 1 atom stereocenters. The number of hydrogen-bond acceptors (Lipinski definition) is 4. The first-order valence-corrected chi connectivity index (χ1v) is 9.73. The zero-order valence-corrected chi connectivity index (χ0v) is 14.4. The van der Waals surface area contributed by atoms with Crippen molar-refractivity contribution in [2.45, 2.75) is 18.9 Å². The van der Waals surface area contributed by atoms with Crippen LogP contribution in [0.1, 0.15) is 28.0 Å². The van der Waals surface area contributed by atoms with Crippen LogP contribution in [0.5, 0.6) is 0 Å². The largest absolute Gasteiger partial charge is 0.338 e. The van der Waals surface area contributed by atoms with E-state index in [9.17, 15) is 13.2 Å². The van der Waals surface area contributed by atoms with E-state index in [0.717, 1.165) is 11.3 Å². The number of benzene rings is 1. The summed E-state index contributed by atoms with van der Waals surface area (Å²) in [5.41, 5.74) is 2.54. The highest BCUT2D eigenvalue weighted by atomic mass is 32.2. The molecule has 1 aromatic heterocycles. The lowest BCUT2D eigenvalue weighted by molar-refractivity contribution is 0.0747. The van der Waals surface area contributed by atoms with Gasteiger partial charge in [-0.3, -0.25) is 9.78 Å². The number of carbonyl (C=O) groups excluding carboxylic acids is 1. The molecule has 24 heavy (non-hydrogen) atoms. The van der Waals surface area contributed by atoms with Gasteiger partial charge in [0.25, 0.3) is 5.91 Å². The molecule has 5 nitrogen and oxygen atoms in total.